The van der Waals surface area contributed by atoms with Gasteiger partial charge in [-0.3, -0.25) is 14.9 Å². The molecular weight excluding hydrogens is 426 g/mol. The fraction of sp³-hybridized carbons (Fsp3) is 0.235. The topological polar surface area (TPSA) is 106 Å². The highest BCUT2D eigenvalue weighted by atomic mass is 35.5. The number of carbonyl (C=O) groups excluding carboxylic acids is 3. The molecule has 0 aromatic heterocycles. The number of methoxy groups -OCH3 is 2. The van der Waals surface area contributed by atoms with E-state index < -0.39 is 11.9 Å². The number of nitrogens with one attached hydrogen (secondary N) is 1. The Balaban J connectivity index is 2.09. The minimum atomic E-state index is -0.632. The summed E-state index contributed by atoms with van der Waals surface area (Å²) in [6.45, 7) is 0. The number of ether oxygens (including phenoxy) is 2. The van der Waals surface area contributed by atoms with Gasteiger partial charge in [-0.25, -0.2) is 4.79 Å². The van der Waals surface area contributed by atoms with E-state index in [1.54, 1.807) is 12.1 Å². The number of nitrogens with zero attached hydrogens (tertiary/aromatic N) is 2. The van der Waals surface area contributed by atoms with Crippen molar-refractivity contribution >= 4 is 64.4 Å². The van der Waals surface area contributed by atoms with Crippen molar-refractivity contribution < 1.29 is 23.9 Å². The van der Waals surface area contributed by atoms with Gasteiger partial charge < -0.3 is 9.47 Å². The van der Waals surface area contributed by atoms with Gasteiger partial charge in [0.05, 0.1) is 36.8 Å². The molecule has 8 nitrogen and oxygen atoms in total. The summed E-state index contributed by atoms with van der Waals surface area (Å²) in [6, 6.07) is 5.36. The Bertz CT molecular complexity index is 870. The molecule has 1 saturated heterocycles. The third-order valence-corrected chi connectivity index (χ3v) is 5.55. The van der Waals surface area contributed by atoms with Gasteiger partial charge >= 0.3 is 11.9 Å². The van der Waals surface area contributed by atoms with Gasteiger partial charge in [0.1, 0.15) is 0 Å². The zero-order valence-electron chi connectivity index (χ0n) is 14.9. The first-order valence-corrected chi connectivity index (χ1v) is 10.0. The van der Waals surface area contributed by atoms with Crippen LogP contribution in [0.4, 0.5) is 0 Å². The van der Waals surface area contributed by atoms with E-state index in [1.807, 2.05) is 6.07 Å². The summed E-state index contributed by atoms with van der Waals surface area (Å²) in [5.74, 6) is -0.857. The molecule has 1 fully saturated rings. The van der Waals surface area contributed by atoms with E-state index >= 15 is 0 Å². The SMILES string of the molecule is COC(=O)/C=C1/S/C(=N\N=Cc2c(Cl)cccc2SCCC(=O)OC)NC1=O. The summed E-state index contributed by atoms with van der Waals surface area (Å²) in [5, 5.41) is 11.1. The maximum absolute atomic E-state index is 11.8. The molecule has 28 heavy (non-hydrogen) atoms. The molecule has 2 rings (SSSR count). The lowest BCUT2D eigenvalue weighted by atomic mass is 10.2. The fourth-order valence-electron chi connectivity index (χ4n) is 1.89. The molecule has 0 aliphatic carbocycles. The number of rotatable bonds is 7. The molecule has 1 amide bonds. The van der Waals surface area contributed by atoms with Crippen LogP contribution >= 0.6 is 35.1 Å². The second-order valence-electron chi connectivity index (χ2n) is 5.06. The van der Waals surface area contributed by atoms with Gasteiger partial charge in [-0.1, -0.05) is 17.7 Å². The lowest BCUT2D eigenvalue weighted by Crippen LogP contribution is -2.19. The third kappa shape index (κ3) is 6.39. The number of thioether (sulfide) groups is 2. The first-order chi connectivity index (χ1) is 13.4. The average Bonchev–Trinajstić information content (AvgIpc) is 3.02. The maximum Gasteiger partial charge on any atom is 0.331 e. The highest BCUT2D eigenvalue weighted by molar-refractivity contribution is 8.18. The van der Waals surface area contributed by atoms with Crippen LogP contribution in [0.5, 0.6) is 0 Å². The standard InChI is InChI=1S/C17H16ClN3O5S2/c1-25-14(22)6-7-27-12-5-3-4-11(18)10(12)9-19-21-17-20-16(24)13(28-17)8-15(23)26-2/h3-5,8-9H,6-7H2,1-2H3,(H,20,21,24)/b13-8+,19-9?. The van der Waals surface area contributed by atoms with E-state index in [1.165, 1.54) is 32.2 Å². The van der Waals surface area contributed by atoms with Crippen molar-refractivity contribution in [2.75, 3.05) is 20.0 Å². The Morgan fingerprint density at radius 3 is 2.82 bits per heavy atom. The molecular formula is C17H16ClN3O5S2. The Kier molecular flexibility index (Phi) is 8.55. The van der Waals surface area contributed by atoms with Crippen molar-refractivity contribution in [2.24, 2.45) is 10.2 Å². The fourth-order valence-corrected chi connectivity index (χ4v) is 3.89. The van der Waals surface area contributed by atoms with Crippen molar-refractivity contribution in [1.29, 1.82) is 0 Å². The summed E-state index contributed by atoms with van der Waals surface area (Å²) in [4.78, 5) is 35.2. The number of esters is 2. The highest BCUT2D eigenvalue weighted by Crippen LogP contribution is 2.28. The lowest BCUT2D eigenvalue weighted by molar-refractivity contribution is -0.140. The summed E-state index contributed by atoms with van der Waals surface area (Å²) in [6.07, 6.45) is 2.81. The molecule has 0 radical (unpaired) electrons. The lowest BCUT2D eigenvalue weighted by Gasteiger charge is -2.06. The number of hydrogen-bond acceptors (Lipinski definition) is 9. The van der Waals surface area contributed by atoms with Crippen molar-refractivity contribution in [3.63, 3.8) is 0 Å². The summed E-state index contributed by atoms with van der Waals surface area (Å²) in [7, 11) is 2.57. The van der Waals surface area contributed by atoms with Crippen LogP contribution in [0.3, 0.4) is 0 Å². The van der Waals surface area contributed by atoms with Gasteiger partial charge in [0.2, 0.25) is 0 Å². The van der Waals surface area contributed by atoms with Crippen molar-refractivity contribution in [3.8, 4) is 0 Å². The van der Waals surface area contributed by atoms with Crippen LogP contribution < -0.4 is 5.32 Å². The van der Waals surface area contributed by atoms with Gasteiger partial charge in [-0.2, -0.15) is 5.10 Å². The minimum absolute atomic E-state index is 0.164. The number of amides is 1. The van der Waals surface area contributed by atoms with Crippen LogP contribution in [-0.4, -0.2) is 49.2 Å². The summed E-state index contributed by atoms with van der Waals surface area (Å²) < 4.78 is 9.11. The number of carbonyl (C=O) groups is 3. The van der Waals surface area contributed by atoms with E-state index in [9.17, 15) is 14.4 Å². The van der Waals surface area contributed by atoms with Gasteiger partial charge in [-0.05, 0) is 23.9 Å². The predicted octanol–water partition coefficient (Wildman–Crippen LogP) is 2.60. The first kappa shape index (κ1) is 22.0. The number of halogens is 1. The summed E-state index contributed by atoms with van der Waals surface area (Å²) >= 11 is 8.64. The zero-order valence-corrected chi connectivity index (χ0v) is 17.3. The molecule has 0 saturated carbocycles. The van der Waals surface area contributed by atoms with E-state index in [0.717, 1.165) is 22.7 Å². The Hall–Kier alpha value is -2.30. The maximum atomic E-state index is 11.8. The Labute approximate surface area is 174 Å². The highest BCUT2D eigenvalue weighted by Gasteiger charge is 2.25. The van der Waals surface area contributed by atoms with Crippen molar-refractivity contribution in [2.45, 2.75) is 11.3 Å². The number of amidine groups is 1. The van der Waals surface area contributed by atoms with Gasteiger partial charge in [0, 0.05) is 22.3 Å². The van der Waals surface area contributed by atoms with Crippen LogP contribution in [0.1, 0.15) is 12.0 Å². The van der Waals surface area contributed by atoms with E-state index in [0.29, 0.717) is 16.3 Å². The molecule has 1 N–H and O–H groups in total. The quantitative estimate of drug-likeness (QED) is 0.228. The van der Waals surface area contributed by atoms with Crippen molar-refractivity contribution in [3.05, 3.63) is 39.8 Å². The molecule has 148 valence electrons. The molecule has 0 unspecified atom stereocenters. The van der Waals surface area contributed by atoms with Crippen LogP contribution in [0.25, 0.3) is 0 Å². The average molecular weight is 442 g/mol. The zero-order chi connectivity index (χ0) is 20.5. The first-order valence-electron chi connectivity index (χ1n) is 7.82. The molecule has 1 aliphatic heterocycles. The Morgan fingerprint density at radius 1 is 1.32 bits per heavy atom. The minimum Gasteiger partial charge on any atom is -0.469 e. The van der Waals surface area contributed by atoms with E-state index in [-0.39, 0.29) is 22.5 Å². The van der Waals surface area contributed by atoms with E-state index in [4.69, 9.17) is 11.6 Å². The molecule has 0 bridgehead atoms. The molecule has 1 aromatic rings. The van der Waals surface area contributed by atoms with E-state index in [2.05, 4.69) is 25.0 Å². The molecule has 1 aliphatic rings. The van der Waals surface area contributed by atoms with Gasteiger partial charge in [-0.15, -0.1) is 16.9 Å². The molecule has 1 aromatic carbocycles. The smallest absolute Gasteiger partial charge is 0.331 e. The number of hydrogen-bond donors (Lipinski definition) is 1. The van der Waals surface area contributed by atoms with Gasteiger partial charge in [0.15, 0.2) is 5.17 Å². The molecule has 1 heterocycles. The Morgan fingerprint density at radius 2 is 2.11 bits per heavy atom. The second-order valence-corrected chi connectivity index (χ2v) is 7.64. The van der Waals surface area contributed by atoms with Crippen molar-refractivity contribution in [1.82, 2.24) is 5.32 Å². The van der Waals surface area contributed by atoms with Crippen LogP contribution in [0.2, 0.25) is 5.02 Å². The second kappa shape index (κ2) is 10.9. The normalized spacial score (nSPS) is 16.6. The molecule has 0 spiro atoms. The summed E-state index contributed by atoms with van der Waals surface area (Å²) in [5.41, 5.74) is 0.642. The molecule has 0 atom stereocenters. The third-order valence-electron chi connectivity index (χ3n) is 3.24. The predicted molar refractivity (Wildman–Crippen MR) is 110 cm³/mol. The van der Waals surface area contributed by atoms with Crippen LogP contribution in [-0.2, 0) is 23.9 Å². The van der Waals surface area contributed by atoms with Gasteiger partial charge in [0.25, 0.3) is 5.91 Å². The largest absolute Gasteiger partial charge is 0.469 e. The number of benzene rings is 1. The van der Waals surface area contributed by atoms with Crippen LogP contribution in [0, 0.1) is 0 Å². The molecule has 11 heteroatoms. The van der Waals surface area contributed by atoms with Crippen LogP contribution in [0.15, 0.2) is 44.3 Å². The monoisotopic (exact) mass is 441 g/mol.